The van der Waals surface area contributed by atoms with Crippen molar-refractivity contribution < 1.29 is 19.4 Å². The number of carboxylic acids is 1. The monoisotopic (exact) mass is 473 g/mol. The lowest BCUT2D eigenvalue weighted by Gasteiger charge is -2.57. The number of hydrogen-bond acceptors (Lipinski definition) is 4. The van der Waals surface area contributed by atoms with E-state index in [4.69, 9.17) is 15.6 Å². The minimum Gasteiger partial charge on any atom is -0.478 e. The Morgan fingerprint density at radius 2 is 1.54 bits per heavy atom. The van der Waals surface area contributed by atoms with Crippen LogP contribution in [0.2, 0.25) is 0 Å². The van der Waals surface area contributed by atoms with Crippen LogP contribution in [0.1, 0.15) is 63.5 Å². The lowest BCUT2D eigenvalue weighted by atomic mass is 9.48. The SMILES string of the molecule is CC(C)C(N)C(=O)Oc1ccc(-c2ccc(C=CC(=O)O)cc2)cc1C12CC3CC(CC(C3)C1)C2. The second-order valence-electron chi connectivity index (χ2n) is 11.4. The molecule has 0 aromatic heterocycles. The van der Waals surface area contributed by atoms with Gasteiger partial charge in [-0.1, -0.05) is 44.2 Å². The summed E-state index contributed by atoms with van der Waals surface area (Å²) in [6, 6.07) is 13.4. The molecule has 0 radical (unpaired) electrons. The Morgan fingerprint density at radius 3 is 2.09 bits per heavy atom. The molecule has 6 rings (SSSR count). The molecule has 4 saturated carbocycles. The highest BCUT2D eigenvalue weighted by atomic mass is 16.5. The van der Waals surface area contributed by atoms with Gasteiger partial charge in [-0.2, -0.15) is 0 Å². The molecule has 4 fully saturated rings. The van der Waals surface area contributed by atoms with Crippen molar-refractivity contribution in [3.05, 3.63) is 59.7 Å². The highest BCUT2D eigenvalue weighted by Gasteiger charge is 2.52. The minimum absolute atomic E-state index is 0.0125. The van der Waals surface area contributed by atoms with Crippen molar-refractivity contribution in [1.82, 2.24) is 0 Å². The van der Waals surface area contributed by atoms with Gasteiger partial charge in [-0.3, -0.25) is 0 Å². The number of benzene rings is 2. The topological polar surface area (TPSA) is 89.6 Å². The van der Waals surface area contributed by atoms with E-state index in [2.05, 4.69) is 6.07 Å². The number of nitrogens with two attached hydrogens (primary N) is 1. The third-order valence-corrected chi connectivity index (χ3v) is 8.45. The van der Waals surface area contributed by atoms with E-state index in [1.807, 2.05) is 50.2 Å². The fraction of sp³-hybridized carbons (Fsp3) is 0.467. The van der Waals surface area contributed by atoms with Crippen molar-refractivity contribution >= 4 is 18.0 Å². The fourth-order valence-electron chi connectivity index (χ4n) is 7.06. The minimum atomic E-state index is -0.961. The molecule has 4 aliphatic carbocycles. The van der Waals surface area contributed by atoms with E-state index in [1.54, 1.807) is 6.08 Å². The van der Waals surface area contributed by atoms with E-state index >= 15 is 0 Å². The summed E-state index contributed by atoms with van der Waals surface area (Å²) in [7, 11) is 0. The standard InChI is InChI=1S/C30H35NO4/c1-18(2)28(31)29(34)35-26-9-8-24(23-6-3-19(4-7-23)5-10-27(32)33)14-25(26)30-15-20-11-21(16-30)13-22(12-20)17-30/h3-10,14,18,20-22,28H,11-13,15-17,31H2,1-2H3,(H,32,33). The molecule has 0 amide bonds. The van der Waals surface area contributed by atoms with E-state index in [1.165, 1.54) is 38.5 Å². The maximum Gasteiger partial charge on any atom is 0.328 e. The zero-order valence-corrected chi connectivity index (χ0v) is 20.6. The summed E-state index contributed by atoms with van der Waals surface area (Å²) in [6.07, 6.45) is 10.3. The van der Waals surface area contributed by atoms with Crippen LogP contribution in [-0.4, -0.2) is 23.1 Å². The molecule has 3 N–H and O–H groups in total. The Morgan fingerprint density at radius 1 is 0.971 bits per heavy atom. The zero-order valence-electron chi connectivity index (χ0n) is 20.6. The van der Waals surface area contributed by atoms with E-state index in [9.17, 15) is 9.59 Å². The number of rotatable bonds is 7. The molecule has 35 heavy (non-hydrogen) atoms. The van der Waals surface area contributed by atoms with Crippen LogP contribution >= 0.6 is 0 Å². The molecule has 1 unspecified atom stereocenters. The van der Waals surface area contributed by atoms with Gasteiger partial charge < -0.3 is 15.6 Å². The third-order valence-electron chi connectivity index (χ3n) is 8.45. The van der Waals surface area contributed by atoms with Gasteiger partial charge in [0.2, 0.25) is 0 Å². The van der Waals surface area contributed by atoms with Gasteiger partial charge in [0.1, 0.15) is 11.8 Å². The Labute approximate surface area is 207 Å². The second kappa shape index (κ2) is 9.27. The number of aliphatic carboxylic acids is 1. The van der Waals surface area contributed by atoms with E-state index in [0.717, 1.165) is 46.1 Å². The van der Waals surface area contributed by atoms with Gasteiger partial charge in [-0.15, -0.1) is 0 Å². The third kappa shape index (κ3) is 4.79. The van der Waals surface area contributed by atoms with Gasteiger partial charge in [0, 0.05) is 11.6 Å². The van der Waals surface area contributed by atoms with Crippen molar-refractivity contribution in [2.24, 2.45) is 29.4 Å². The summed E-state index contributed by atoms with van der Waals surface area (Å²) in [5.74, 6) is 1.66. The van der Waals surface area contributed by atoms with Crippen LogP contribution in [0.3, 0.4) is 0 Å². The van der Waals surface area contributed by atoms with Crippen LogP contribution in [0.4, 0.5) is 0 Å². The van der Waals surface area contributed by atoms with Crippen LogP contribution in [0.25, 0.3) is 17.2 Å². The predicted octanol–water partition coefficient (Wildman–Crippen LogP) is 5.81. The van der Waals surface area contributed by atoms with Gasteiger partial charge in [-0.25, -0.2) is 9.59 Å². The molecule has 1 atom stereocenters. The number of carboxylic acid groups (broad SMARTS) is 1. The van der Waals surface area contributed by atoms with Gasteiger partial charge >= 0.3 is 11.9 Å². The Kier molecular flexibility index (Phi) is 6.30. The molecule has 2 aromatic carbocycles. The molecule has 184 valence electrons. The van der Waals surface area contributed by atoms with E-state index < -0.39 is 12.0 Å². The fourth-order valence-corrected chi connectivity index (χ4v) is 7.06. The highest BCUT2D eigenvalue weighted by Crippen LogP contribution is 2.62. The average molecular weight is 474 g/mol. The lowest BCUT2D eigenvalue weighted by Crippen LogP contribution is -2.49. The van der Waals surface area contributed by atoms with Crippen LogP contribution in [-0.2, 0) is 15.0 Å². The largest absolute Gasteiger partial charge is 0.478 e. The zero-order chi connectivity index (χ0) is 24.7. The summed E-state index contributed by atoms with van der Waals surface area (Å²) in [4.78, 5) is 23.7. The summed E-state index contributed by atoms with van der Waals surface area (Å²) < 4.78 is 5.99. The summed E-state index contributed by atoms with van der Waals surface area (Å²) in [6.45, 7) is 3.87. The number of carbonyl (C=O) groups excluding carboxylic acids is 1. The summed E-state index contributed by atoms with van der Waals surface area (Å²) in [5, 5.41) is 8.88. The van der Waals surface area contributed by atoms with E-state index in [-0.39, 0.29) is 17.3 Å². The average Bonchev–Trinajstić information content (AvgIpc) is 2.82. The van der Waals surface area contributed by atoms with Crippen molar-refractivity contribution in [3.63, 3.8) is 0 Å². The summed E-state index contributed by atoms with van der Waals surface area (Å²) >= 11 is 0. The molecular weight excluding hydrogens is 438 g/mol. The predicted molar refractivity (Wildman–Crippen MR) is 137 cm³/mol. The van der Waals surface area contributed by atoms with Gasteiger partial charge in [0.25, 0.3) is 0 Å². The first kappa shape index (κ1) is 23.8. The first-order valence-electron chi connectivity index (χ1n) is 12.9. The van der Waals surface area contributed by atoms with Crippen molar-refractivity contribution in [2.45, 2.75) is 63.8 Å². The number of hydrogen-bond donors (Lipinski definition) is 2. The second-order valence-corrected chi connectivity index (χ2v) is 11.4. The van der Waals surface area contributed by atoms with Crippen LogP contribution in [0.15, 0.2) is 48.5 Å². The van der Waals surface area contributed by atoms with Gasteiger partial charge in [0.15, 0.2) is 0 Å². The molecule has 0 heterocycles. The smallest absolute Gasteiger partial charge is 0.328 e. The lowest BCUT2D eigenvalue weighted by molar-refractivity contribution is -0.137. The van der Waals surface area contributed by atoms with Crippen LogP contribution in [0.5, 0.6) is 5.75 Å². The molecule has 0 saturated heterocycles. The van der Waals surface area contributed by atoms with Crippen LogP contribution < -0.4 is 10.5 Å². The molecule has 5 heteroatoms. The van der Waals surface area contributed by atoms with Crippen LogP contribution in [0, 0.1) is 23.7 Å². The van der Waals surface area contributed by atoms with Crippen molar-refractivity contribution in [3.8, 4) is 16.9 Å². The normalized spacial score (nSPS) is 27.9. The first-order valence-corrected chi connectivity index (χ1v) is 12.9. The van der Waals surface area contributed by atoms with Crippen molar-refractivity contribution in [1.29, 1.82) is 0 Å². The molecule has 4 aliphatic rings. The number of carbonyl (C=O) groups is 2. The first-order chi connectivity index (χ1) is 16.7. The Hall–Kier alpha value is -2.92. The highest BCUT2D eigenvalue weighted by molar-refractivity contribution is 5.85. The molecule has 0 spiro atoms. The number of ether oxygens (including phenoxy) is 1. The molecule has 4 bridgehead atoms. The molecule has 5 nitrogen and oxygen atoms in total. The van der Waals surface area contributed by atoms with Crippen molar-refractivity contribution in [2.75, 3.05) is 0 Å². The van der Waals surface area contributed by atoms with E-state index in [0.29, 0.717) is 5.75 Å². The molecule has 2 aromatic rings. The Balaban J connectivity index is 1.52. The molecule has 0 aliphatic heterocycles. The Bertz CT molecular complexity index is 1110. The maximum absolute atomic E-state index is 12.8. The molecular formula is C30H35NO4. The van der Waals surface area contributed by atoms with Gasteiger partial charge in [0.05, 0.1) is 0 Å². The quantitative estimate of drug-likeness (QED) is 0.301. The van der Waals surface area contributed by atoms with Gasteiger partial charge in [-0.05, 0) is 103 Å². The maximum atomic E-state index is 12.8. The number of esters is 1. The summed E-state index contributed by atoms with van der Waals surface area (Å²) in [5.41, 5.74) is 10.3.